The molecule has 0 fully saturated rings. The Balaban J connectivity index is 1.62. The van der Waals surface area contributed by atoms with Crippen molar-refractivity contribution in [2.75, 3.05) is 25.5 Å². The average Bonchev–Trinajstić information content (AvgIpc) is 2.95. The van der Waals surface area contributed by atoms with Crippen molar-refractivity contribution in [3.8, 4) is 0 Å². The van der Waals surface area contributed by atoms with Crippen LogP contribution in [0.15, 0.2) is 83.9 Å². The van der Waals surface area contributed by atoms with Gasteiger partial charge in [0.05, 0.1) is 17.5 Å². The number of hydrogen-bond acceptors (Lipinski definition) is 4. The van der Waals surface area contributed by atoms with Gasteiger partial charge in [-0.1, -0.05) is 72.3 Å². The lowest BCUT2D eigenvalue weighted by Gasteiger charge is -2.27. The van der Waals surface area contributed by atoms with E-state index in [2.05, 4.69) is 5.32 Å². The Bertz CT molecular complexity index is 1220. The molecule has 2 unspecified atom stereocenters. The lowest BCUT2D eigenvalue weighted by atomic mass is 10.0. The van der Waals surface area contributed by atoms with Gasteiger partial charge in [0, 0.05) is 36.8 Å². The zero-order valence-corrected chi connectivity index (χ0v) is 20.4. The topological polar surface area (TPSA) is 68.2 Å². The quantitative estimate of drug-likeness (QED) is 0.526. The van der Waals surface area contributed by atoms with Gasteiger partial charge in [0.15, 0.2) is 5.11 Å². The van der Waals surface area contributed by atoms with Crippen molar-refractivity contribution in [1.82, 2.24) is 10.2 Å². The highest BCUT2D eigenvalue weighted by atomic mass is 35.5. The third kappa shape index (κ3) is 5.12. The highest BCUT2D eigenvalue weighted by molar-refractivity contribution is 7.80. The van der Waals surface area contributed by atoms with Crippen molar-refractivity contribution < 1.29 is 9.90 Å². The van der Waals surface area contributed by atoms with E-state index in [1.165, 1.54) is 0 Å². The maximum Gasteiger partial charge on any atom is 0.272 e. The zero-order chi connectivity index (χ0) is 24.2. The second-order valence-corrected chi connectivity index (χ2v) is 8.88. The first-order chi connectivity index (χ1) is 16.3. The first-order valence-corrected chi connectivity index (χ1v) is 11.6. The number of anilines is 1. The monoisotopic (exact) mass is 492 g/mol. The molecule has 0 aliphatic carbocycles. The van der Waals surface area contributed by atoms with Crippen molar-refractivity contribution in [2.24, 2.45) is 4.99 Å². The number of aliphatic hydroxyl groups excluding tert-OH is 1. The molecule has 1 aliphatic heterocycles. The van der Waals surface area contributed by atoms with Crippen molar-refractivity contribution in [1.29, 1.82) is 0 Å². The molecule has 3 aromatic rings. The predicted molar refractivity (Wildman–Crippen MR) is 140 cm³/mol. The van der Waals surface area contributed by atoms with Crippen LogP contribution in [0.4, 0.5) is 5.69 Å². The summed E-state index contributed by atoms with van der Waals surface area (Å²) in [5.74, 6) is -0.256. The van der Waals surface area contributed by atoms with Gasteiger partial charge in [-0.3, -0.25) is 4.79 Å². The van der Waals surface area contributed by atoms with E-state index in [-0.39, 0.29) is 12.5 Å². The van der Waals surface area contributed by atoms with E-state index in [9.17, 15) is 9.90 Å². The van der Waals surface area contributed by atoms with Crippen molar-refractivity contribution in [3.05, 3.63) is 101 Å². The minimum atomic E-state index is -0.949. The Labute approximate surface area is 209 Å². The zero-order valence-electron chi connectivity index (χ0n) is 18.9. The number of aliphatic hydroxyl groups is 1. The fourth-order valence-corrected chi connectivity index (χ4v) is 4.17. The second kappa shape index (κ2) is 10.3. The molecule has 2 atom stereocenters. The maximum absolute atomic E-state index is 13.4. The Kier molecular flexibility index (Phi) is 7.26. The number of fused-ring (bicyclic) bond motifs is 1. The number of halogens is 1. The smallest absolute Gasteiger partial charge is 0.272 e. The largest absolute Gasteiger partial charge is 0.387 e. The van der Waals surface area contributed by atoms with E-state index in [0.717, 1.165) is 16.7 Å². The molecule has 1 amide bonds. The van der Waals surface area contributed by atoms with Crippen LogP contribution in [-0.4, -0.2) is 53.5 Å². The number of likely N-dealkylation sites (N-methyl/N-ethyl adjacent to an activating group) is 2. The second-order valence-electron chi connectivity index (χ2n) is 8.06. The summed E-state index contributed by atoms with van der Waals surface area (Å²) in [7, 11) is 3.47. The van der Waals surface area contributed by atoms with Crippen LogP contribution in [0.1, 0.15) is 22.8 Å². The Hall–Kier alpha value is -3.26. The normalized spacial score (nSPS) is 16.2. The summed E-state index contributed by atoms with van der Waals surface area (Å²) in [4.78, 5) is 21.4. The van der Waals surface area contributed by atoms with E-state index in [1.807, 2.05) is 72.8 Å². The molecule has 0 saturated carbocycles. The fourth-order valence-electron chi connectivity index (χ4n) is 3.82. The van der Waals surface area contributed by atoms with E-state index >= 15 is 0 Å². The summed E-state index contributed by atoms with van der Waals surface area (Å²) in [5.41, 5.74) is 3.76. The number of benzodiazepines with no additional fused rings is 1. The molecule has 8 heteroatoms. The summed E-state index contributed by atoms with van der Waals surface area (Å²) < 4.78 is 0. The van der Waals surface area contributed by atoms with E-state index in [0.29, 0.717) is 21.5 Å². The van der Waals surface area contributed by atoms with E-state index < -0.39 is 12.3 Å². The third-order valence-electron chi connectivity index (χ3n) is 5.68. The van der Waals surface area contributed by atoms with Gasteiger partial charge >= 0.3 is 0 Å². The molecule has 0 radical (unpaired) electrons. The number of thiocarbonyl (C=S) groups is 1. The molecule has 174 valence electrons. The number of carbonyl (C=O) groups excluding carboxylic acids is 1. The molecule has 4 rings (SSSR count). The Morgan fingerprint density at radius 3 is 2.47 bits per heavy atom. The first-order valence-electron chi connectivity index (χ1n) is 10.8. The number of amides is 1. The molecule has 0 spiro atoms. The molecule has 34 heavy (non-hydrogen) atoms. The summed E-state index contributed by atoms with van der Waals surface area (Å²) in [6.45, 7) is 0.262. The molecule has 1 heterocycles. The number of carbonyl (C=O) groups is 1. The van der Waals surface area contributed by atoms with E-state index in [4.69, 9.17) is 28.8 Å². The molecule has 0 saturated heterocycles. The summed E-state index contributed by atoms with van der Waals surface area (Å²) >= 11 is 11.9. The molecule has 0 aromatic heterocycles. The van der Waals surface area contributed by atoms with Crippen LogP contribution in [0, 0.1) is 0 Å². The van der Waals surface area contributed by atoms with Crippen LogP contribution in [-0.2, 0) is 4.79 Å². The lowest BCUT2D eigenvalue weighted by Crippen LogP contribution is -2.50. The minimum absolute atomic E-state index is 0.256. The number of nitrogens with zero attached hydrogens (tertiary/aromatic N) is 3. The molecule has 2 N–H and O–H groups in total. The van der Waals surface area contributed by atoms with Gasteiger partial charge in [-0.05, 0) is 36.0 Å². The van der Waals surface area contributed by atoms with Gasteiger partial charge in [0.1, 0.15) is 0 Å². The standard InChI is InChI=1S/C26H25ClN4O2S/c1-30(16-22(32)17-9-5-3-6-10-17)26(34)29-24-25(33)31(2)21-14-13-19(27)15-20(21)23(28-24)18-11-7-4-8-12-18/h3-15,22,24,32H,16H2,1-2H3,(H,29,34). The van der Waals surface area contributed by atoms with Crippen molar-refractivity contribution in [3.63, 3.8) is 0 Å². The van der Waals surface area contributed by atoms with Crippen LogP contribution in [0.5, 0.6) is 0 Å². The summed E-state index contributed by atoms with van der Waals surface area (Å²) in [6.07, 6.45) is -1.68. The molecule has 3 aromatic carbocycles. The van der Waals surface area contributed by atoms with Gasteiger partial charge in [0.25, 0.3) is 5.91 Å². The average molecular weight is 493 g/mol. The van der Waals surface area contributed by atoms with Crippen LogP contribution < -0.4 is 10.2 Å². The number of benzene rings is 3. The molecular weight excluding hydrogens is 468 g/mol. The summed E-state index contributed by atoms with van der Waals surface area (Å²) in [5, 5.41) is 14.5. The SMILES string of the molecule is CN(CC(O)c1ccccc1)C(=S)NC1N=C(c2ccccc2)c2cc(Cl)ccc2N(C)C1=O. The van der Waals surface area contributed by atoms with Gasteiger partial charge in [-0.25, -0.2) is 4.99 Å². The third-order valence-corrected chi connectivity index (χ3v) is 6.35. The van der Waals surface area contributed by atoms with Crippen LogP contribution in [0.25, 0.3) is 0 Å². The highest BCUT2D eigenvalue weighted by Gasteiger charge is 2.31. The van der Waals surface area contributed by atoms with Crippen molar-refractivity contribution >= 4 is 46.2 Å². The number of rotatable bonds is 5. The number of hydrogen-bond donors (Lipinski definition) is 2. The van der Waals surface area contributed by atoms with Crippen LogP contribution >= 0.6 is 23.8 Å². The fraction of sp³-hybridized carbons (Fsp3) is 0.192. The van der Waals surface area contributed by atoms with Gasteiger partial charge in [0.2, 0.25) is 6.17 Å². The highest BCUT2D eigenvalue weighted by Crippen LogP contribution is 2.30. The van der Waals surface area contributed by atoms with Crippen LogP contribution in [0.2, 0.25) is 5.02 Å². The van der Waals surface area contributed by atoms with Gasteiger partial charge < -0.3 is 20.2 Å². The molecule has 6 nitrogen and oxygen atoms in total. The van der Waals surface area contributed by atoms with Crippen molar-refractivity contribution in [2.45, 2.75) is 12.3 Å². The number of aliphatic imine (C=N–C) groups is 1. The molecule has 0 bridgehead atoms. The maximum atomic E-state index is 13.4. The molecule has 1 aliphatic rings. The molecular formula is C26H25ClN4O2S. The predicted octanol–water partition coefficient (Wildman–Crippen LogP) is 4.02. The number of nitrogens with one attached hydrogen (secondary N) is 1. The minimum Gasteiger partial charge on any atom is -0.387 e. The van der Waals surface area contributed by atoms with Gasteiger partial charge in [-0.2, -0.15) is 0 Å². The van der Waals surface area contributed by atoms with Crippen LogP contribution in [0.3, 0.4) is 0 Å². The lowest BCUT2D eigenvalue weighted by molar-refractivity contribution is -0.119. The first kappa shape index (κ1) is 23.9. The summed E-state index contributed by atoms with van der Waals surface area (Å²) in [6, 6.07) is 24.4. The Morgan fingerprint density at radius 1 is 1.15 bits per heavy atom. The van der Waals surface area contributed by atoms with E-state index in [1.54, 1.807) is 30.0 Å². The Morgan fingerprint density at radius 2 is 1.79 bits per heavy atom. The van der Waals surface area contributed by atoms with Gasteiger partial charge in [-0.15, -0.1) is 0 Å².